The van der Waals surface area contributed by atoms with Gasteiger partial charge >= 0.3 is 0 Å². The average Bonchev–Trinajstić information content (AvgIpc) is 3.08. The first kappa shape index (κ1) is 21.2. The van der Waals surface area contributed by atoms with Crippen molar-refractivity contribution in [3.05, 3.63) is 34.6 Å². The lowest BCUT2D eigenvalue weighted by Crippen LogP contribution is -2.44. The van der Waals surface area contributed by atoms with Gasteiger partial charge in [0.05, 0.1) is 12.8 Å². The van der Waals surface area contributed by atoms with Gasteiger partial charge in [0, 0.05) is 37.7 Å². The van der Waals surface area contributed by atoms with Crippen LogP contribution >= 0.6 is 11.3 Å². The molecule has 1 N–H and O–H groups in total. The zero-order chi connectivity index (χ0) is 21.1. The molecule has 156 valence electrons. The second-order valence-electron chi connectivity index (χ2n) is 7.40. The molecule has 1 aromatic heterocycles. The number of hydrogen-bond donors (Lipinski definition) is 1. The van der Waals surface area contributed by atoms with E-state index in [1.165, 1.54) is 31.4 Å². The van der Waals surface area contributed by atoms with Crippen molar-refractivity contribution in [2.45, 2.75) is 51.6 Å². The van der Waals surface area contributed by atoms with Crippen molar-refractivity contribution in [2.24, 2.45) is 0 Å². The molecular formula is C21H26FN3O3S. The van der Waals surface area contributed by atoms with Gasteiger partial charge in [0.1, 0.15) is 21.5 Å². The number of aryl methyl sites for hydroxylation is 1. The van der Waals surface area contributed by atoms with Crippen molar-refractivity contribution in [3.8, 4) is 16.3 Å². The van der Waals surface area contributed by atoms with Crippen LogP contribution in [0.4, 0.5) is 4.39 Å². The van der Waals surface area contributed by atoms with Crippen LogP contribution in [-0.2, 0) is 4.79 Å². The highest BCUT2D eigenvalue weighted by molar-refractivity contribution is 7.17. The number of halogens is 1. The highest BCUT2D eigenvalue weighted by Gasteiger charge is 2.29. The van der Waals surface area contributed by atoms with Crippen LogP contribution in [0, 0.1) is 12.7 Å². The van der Waals surface area contributed by atoms with Gasteiger partial charge in [-0.15, -0.1) is 11.3 Å². The fourth-order valence-corrected chi connectivity index (χ4v) is 4.80. The van der Waals surface area contributed by atoms with Crippen LogP contribution in [0.25, 0.3) is 10.6 Å². The van der Waals surface area contributed by atoms with Gasteiger partial charge in [-0.25, -0.2) is 9.37 Å². The Bertz CT molecular complexity index is 907. The molecule has 0 saturated heterocycles. The van der Waals surface area contributed by atoms with E-state index in [2.05, 4.69) is 10.3 Å². The number of aromatic nitrogens is 1. The van der Waals surface area contributed by atoms with Crippen LogP contribution in [0.1, 0.15) is 48.0 Å². The summed E-state index contributed by atoms with van der Waals surface area (Å²) >= 11 is 1.21. The number of thiazole rings is 1. The van der Waals surface area contributed by atoms with Crippen LogP contribution in [0.15, 0.2) is 18.2 Å². The van der Waals surface area contributed by atoms with Crippen molar-refractivity contribution in [1.29, 1.82) is 0 Å². The summed E-state index contributed by atoms with van der Waals surface area (Å²) in [6, 6.07) is 4.91. The first-order valence-electron chi connectivity index (χ1n) is 9.65. The summed E-state index contributed by atoms with van der Waals surface area (Å²) in [7, 11) is 3.29. The molecule has 1 aliphatic carbocycles. The normalized spacial score (nSPS) is 18.9. The van der Waals surface area contributed by atoms with Crippen molar-refractivity contribution in [1.82, 2.24) is 15.2 Å². The zero-order valence-electron chi connectivity index (χ0n) is 17.1. The Kier molecular flexibility index (Phi) is 6.52. The summed E-state index contributed by atoms with van der Waals surface area (Å²) in [5, 5.41) is 3.43. The number of nitrogens with one attached hydrogen (secondary N) is 1. The summed E-state index contributed by atoms with van der Waals surface area (Å²) in [5.74, 6) is -0.105. The molecule has 1 heterocycles. The number of ether oxygens (including phenoxy) is 1. The third kappa shape index (κ3) is 4.75. The first-order chi connectivity index (χ1) is 13.8. The molecule has 0 radical (unpaired) electrons. The molecule has 8 heteroatoms. The molecule has 0 atom stereocenters. The molecule has 6 nitrogen and oxygen atoms in total. The van der Waals surface area contributed by atoms with Crippen molar-refractivity contribution >= 4 is 23.2 Å². The summed E-state index contributed by atoms with van der Waals surface area (Å²) in [6.07, 6.45) is 3.38. The Morgan fingerprint density at radius 1 is 1.28 bits per heavy atom. The molecule has 1 fully saturated rings. The molecule has 0 spiro atoms. The maximum Gasteiger partial charge on any atom is 0.265 e. The molecule has 1 saturated carbocycles. The van der Waals surface area contributed by atoms with Gasteiger partial charge in [0.25, 0.3) is 5.91 Å². The predicted octanol–water partition coefficient (Wildman–Crippen LogP) is 3.79. The minimum Gasteiger partial charge on any atom is -0.497 e. The van der Waals surface area contributed by atoms with Crippen molar-refractivity contribution < 1.29 is 18.7 Å². The quantitative estimate of drug-likeness (QED) is 0.801. The predicted molar refractivity (Wildman–Crippen MR) is 111 cm³/mol. The Balaban J connectivity index is 1.73. The number of methoxy groups -OCH3 is 1. The van der Waals surface area contributed by atoms with Crippen molar-refractivity contribution in [3.63, 3.8) is 0 Å². The van der Waals surface area contributed by atoms with Crippen molar-refractivity contribution in [2.75, 3.05) is 14.2 Å². The fraction of sp³-hybridized carbons (Fsp3) is 0.476. The Labute approximate surface area is 174 Å². The number of amides is 2. The van der Waals surface area contributed by atoms with E-state index in [-0.39, 0.29) is 23.9 Å². The molecule has 29 heavy (non-hydrogen) atoms. The second-order valence-corrected chi connectivity index (χ2v) is 8.40. The monoisotopic (exact) mass is 419 g/mol. The van der Waals surface area contributed by atoms with Gasteiger partial charge in [-0.3, -0.25) is 9.59 Å². The van der Waals surface area contributed by atoms with Crippen LogP contribution in [0.3, 0.4) is 0 Å². The summed E-state index contributed by atoms with van der Waals surface area (Å²) < 4.78 is 19.4. The molecule has 3 rings (SSSR count). The average molecular weight is 420 g/mol. The molecule has 0 bridgehead atoms. The lowest BCUT2D eigenvalue weighted by atomic mass is 9.90. The van der Waals surface area contributed by atoms with E-state index in [0.717, 1.165) is 25.7 Å². The topological polar surface area (TPSA) is 71.5 Å². The number of benzene rings is 1. The van der Waals surface area contributed by atoms with Gasteiger partial charge in [0.2, 0.25) is 5.91 Å². The Hall–Kier alpha value is -2.48. The van der Waals surface area contributed by atoms with E-state index in [1.807, 2.05) is 0 Å². The van der Waals surface area contributed by atoms with Crippen LogP contribution in [0.5, 0.6) is 5.75 Å². The molecule has 2 aromatic rings. The Morgan fingerprint density at radius 2 is 1.97 bits per heavy atom. The molecule has 1 aromatic carbocycles. The molecule has 0 unspecified atom stereocenters. The first-order valence-corrected chi connectivity index (χ1v) is 10.5. The lowest BCUT2D eigenvalue weighted by molar-refractivity contribution is -0.119. The minimum atomic E-state index is -0.429. The summed E-state index contributed by atoms with van der Waals surface area (Å²) in [6.45, 7) is 3.30. The molecular weight excluding hydrogens is 393 g/mol. The van der Waals surface area contributed by atoms with Crippen LogP contribution in [-0.4, -0.2) is 47.9 Å². The second kappa shape index (κ2) is 8.90. The highest BCUT2D eigenvalue weighted by atomic mass is 32.1. The van der Waals surface area contributed by atoms with Gasteiger partial charge < -0.3 is 15.0 Å². The number of carbonyl (C=O) groups excluding carboxylic acids is 2. The standard InChI is InChI=1S/C21H26FN3O3S/c1-12-19(29-20(23-12)17-10-9-16(28-4)11-18(17)22)21(27)25(3)15-7-5-14(6-8-15)24-13(2)26/h9-11,14-15H,5-8H2,1-4H3,(H,24,26). The summed E-state index contributed by atoms with van der Waals surface area (Å²) in [5.41, 5.74) is 0.959. The van der Waals surface area contributed by atoms with E-state index < -0.39 is 5.82 Å². The van der Waals surface area contributed by atoms with Gasteiger partial charge in [-0.05, 0) is 44.7 Å². The zero-order valence-corrected chi connectivity index (χ0v) is 17.9. The van der Waals surface area contributed by atoms with E-state index in [1.54, 1.807) is 31.0 Å². The third-order valence-corrected chi connectivity index (χ3v) is 6.55. The lowest BCUT2D eigenvalue weighted by Gasteiger charge is -2.34. The van der Waals surface area contributed by atoms with Gasteiger partial charge in [0.15, 0.2) is 0 Å². The number of hydrogen-bond acceptors (Lipinski definition) is 5. The van der Waals surface area contributed by atoms with Gasteiger partial charge in [-0.2, -0.15) is 0 Å². The van der Waals surface area contributed by atoms with E-state index in [4.69, 9.17) is 4.74 Å². The molecule has 2 amide bonds. The van der Waals surface area contributed by atoms with Crippen LogP contribution in [0.2, 0.25) is 0 Å². The van der Waals surface area contributed by atoms with E-state index >= 15 is 0 Å². The smallest absolute Gasteiger partial charge is 0.265 e. The fourth-order valence-electron chi connectivity index (χ4n) is 3.73. The number of carbonyl (C=O) groups is 2. The third-order valence-electron chi connectivity index (χ3n) is 5.37. The van der Waals surface area contributed by atoms with E-state index in [0.29, 0.717) is 26.9 Å². The largest absolute Gasteiger partial charge is 0.497 e. The summed E-state index contributed by atoms with van der Waals surface area (Å²) in [4.78, 5) is 31.0. The molecule has 1 aliphatic rings. The maximum absolute atomic E-state index is 14.4. The Morgan fingerprint density at radius 3 is 2.55 bits per heavy atom. The maximum atomic E-state index is 14.4. The minimum absolute atomic E-state index is 0.0172. The van der Waals surface area contributed by atoms with E-state index in [9.17, 15) is 14.0 Å². The SMILES string of the molecule is COc1ccc(-c2nc(C)c(C(=O)N(C)C3CCC(NC(C)=O)CC3)s2)c(F)c1. The van der Waals surface area contributed by atoms with Gasteiger partial charge in [-0.1, -0.05) is 0 Å². The number of nitrogens with zero attached hydrogens (tertiary/aromatic N) is 2. The van der Waals surface area contributed by atoms with Crippen LogP contribution < -0.4 is 10.1 Å². The number of rotatable bonds is 5. The highest BCUT2D eigenvalue weighted by Crippen LogP contribution is 2.33. The molecule has 0 aliphatic heterocycles.